The number of benzene rings is 5. The summed E-state index contributed by atoms with van der Waals surface area (Å²) in [5.41, 5.74) is 3.04. The van der Waals surface area contributed by atoms with E-state index in [9.17, 15) is 4.79 Å². The zero-order valence-electron chi connectivity index (χ0n) is 21.1. The van der Waals surface area contributed by atoms with E-state index in [-0.39, 0.29) is 5.56 Å². The maximum absolute atomic E-state index is 14.0. The topological polar surface area (TPSA) is 34.4 Å². The molecule has 6 rings (SSSR count). The van der Waals surface area contributed by atoms with Gasteiger partial charge >= 0.3 is 0 Å². The molecular weight excluding hydrogens is 483 g/mol. The highest BCUT2D eigenvalue weighted by molar-refractivity contribution is 7.87. The molecular formula is C34H27N2OP. The third-order valence-electron chi connectivity index (χ3n) is 6.98. The molecule has 0 amide bonds. The van der Waals surface area contributed by atoms with Crippen molar-refractivity contribution in [3.63, 3.8) is 0 Å². The Kier molecular flexibility index (Phi) is 6.37. The van der Waals surface area contributed by atoms with Crippen molar-refractivity contribution < 1.29 is 0 Å². The lowest BCUT2D eigenvalue weighted by Gasteiger charge is -2.28. The van der Waals surface area contributed by atoms with E-state index >= 15 is 0 Å². The van der Waals surface area contributed by atoms with Crippen molar-refractivity contribution in [2.24, 2.45) is 11.8 Å². The van der Waals surface area contributed by atoms with Crippen LogP contribution >= 0.6 is 7.05 Å². The molecule has 0 aliphatic rings. The van der Waals surface area contributed by atoms with Gasteiger partial charge in [0.15, 0.2) is 0 Å². The molecule has 0 saturated carbocycles. The van der Waals surface area contributed by atoms with Crippen molar-refractivity contribution in [3.8, 4) is 11.1 Å². The van der Waals surface area contributed by atoms with Crippen molar-refractivity contribution in [3.05, 3.63) is 156 Å². The second-order valence-electron chi connectivity index (χ2n) is 9.21. The van der Waals surface area contributed by atoms with Crippen molar-refractivity contribution in [1.82, 2.24) is 4.57 Å². The number of hydrogen-bond acceptors (Lipinski definition) is 2. The highest BCUT2D eigenvalue weighted by atomic mass is 31.2. The molecule has 0 atom stereocenters. The summed E-state index contributed by atoms with van der Waals surface area (Å²) < 4.78 is 7.55. The van der Waals surface area contributed by atoms with E-state index < -0.39 is 7.05 Å². The second-order valence-corrected chi connectivity index (χ2v) is 12.2. The molecule has 0 aliphatic carbocycles. The van der Waals surface area contributed by atoms with Crippen molar-refractivity contribution in [1.29, 1.82) is 0 Å². The van der Waals surface area contributed by atoms with Crippen LogP contribution < -0.4 is 21.5 Å². The summed E-state index contributed by atoms with van der Waals surface area (Å²) in [5, 5.41) is 4.38. The lowest BCUT2D eigenvalue weighted by atomic mass is 10.0. The minimum Gasteiger partial charge on any atom is -0.311 e. The van der Waals surface area contributed by atoms with Gasteiger partial charge in [-0.1, -0.05) is 140 Å². The summed E-state index contributed by atoms with van der Waals surface area (Å²) in [6, 6.07) is 49.6. The Morgan fingerprint density at radius 3 is 1.47 bits per heavy atom. The molecule has 4 heteroatoms. The highest BCUT2D eigenvalue weighted by Gasteiger charge is 2.29. The third-order valence-corrected chi connectivity index (χ3v) is 10.6. The van der Waals surface area contributed by atoms with Gasteiger partial charge in [-0.25, -0.2) is 0 Å². The quantitative estimate of drug-likeness (QED) is 0.230. The smallest absolute Gasteiger partial charge is 0.260 e. The fraction of sp³-hybridized carbons (Fsp3) is 0.0294. The summed E-state index contributed by atoms with van der Waals surface area (Å²) in [5.74, 6) is 0. The molecule has 3 nitrogen and oxygen atoms in total. The van der Waals surface area contributed by atoms with Crippen LogP contribution in [0.1, 0.15) is 0 Å². The molecule has 0 N–H and O–H groups in total. The molecule has 0 spiro atoms. The predicted molar refractivity (Wildman–Crippen MR) is 162 cm³/mol. The van der Waals surface area contributed by atoms with Crippen LogP contribution in [-0.2, 0) is 7.05 Å². The first-order valence-electron chi connectivity index (χ1n) is 12.7. The summed E-state index contributed by atoms with van der Waals surface area (Å²) in [4.78, 5) is 14.0. The van der Waals surface area contributed by atoms with Gasteiger partial charge in [-0.2, -0.15) is 0 Å². The van der Waals surface area contributed by atoms with Gasteiger partial charge in [0.05, 0.1) is 23.8 Å². The van der Waals surface area contributed by atoms with E-state index in [1.54, 1.807) is 4.57 Å². The van der Waals surface area contributed by atoms with Crippen LogP contribution in [0, 0.1) is 0 Å². The fourth-order valence-electron chi connectivity index (χ4n) is 5.15. The van der Waals surface area contributed by atoms with Crippen LogP contribution in [-0.4, -0.2) is 4.57 Å². The first-order chi connectivity index (χ1) is 18.7. The number of nitrogens with zero attached hydrogens (tertiary/aromatic N) is 2. The van der Waals surface area contributed by atoms with Crippen molar-refractivity contribution in [2.45, 2.75) is 0 Å². The molecule has 38 heavy (non-hydrogen) atoms. The molecule has 1 aromatic heterocycles. The van der Waals surface area contributed by atoms with Crippen LogP contribution in [0.25, 0.3) is 22.0 Å². The fourth-order valence-corrected chi connectivity index (χ4v) is 8.71. The minimum atomic E-state index is -2.58. The van der Waals surface area contributed by atoms with E-state index in [1.807, 2.05) is 73.8 Å². The number of aryl methyl sites for hydroxylation is 1. The number of aromatic nitrogens is 1. The Bertz CT molecular complexity index is 1730. The van der Waals surface area contributed by atoms with Crippen molar-refractivity contribution in [2.75, 3.05) is 0 Å². The Balaban J connectivity index is 1.88. The SMILES string of the molecule is Cn1c(=O)c(-c2ccccc2)c(N=P(c2ccccc2)(c2ccccc2)c2ccccc2)c2ccccc21. The summed E-state index contributed by atoms with van der Waals surface area (Å²) in [7, 11) is -0.743. The Morgan fingerprint density at radius 2 is 0.974 bits per heavy atom. The Hall–Kier alpha value is -4.46. The van der Waals surface area contributed by atoms with E-state index in [0.29, 0.717) is 5.56 Å². The Labute approximate surface area is 222 Å². The van der Waals surface area contributed by atoms with Gasteiger partial charge in [-0.05, 0) is 11.6 Å². The van der Waals surface area contributed by atoms with E-state index in [1.165, 1.54) is 0 Å². The maximum Gasteiger partial charge on any atom is 0.260 e. The molecule has 0 unspecified atom stereocenters. The van der Waals surface area contributed by atoms with Crippen LogP contribution in [0.4, 0.5) is 5.69 Å². The second kappa shape index (κ2) is 10.1. The standard InChI is InChI=1S/C34H27N2OP/c1-36-31-25-15-14-24-30(31)33(32(34(36)37)26-16-6-2-7-17-26)35-38(27-18-8-3-9-19-27,28-20-10-4-11-21-28)29-22-12-5-13-23-29/h2-25H,1H3. The van der Waals surface area contributed by atoms with Gasteiger partial charge in [0, 0.05) is 28.3 Å². The number of para-hydroxylation sites is 1. The van der Waals surface area contributed by atoms with Gasteiger partial charge < -0.3 is 4.57 Å². The molecule has 6 aromatic rings. The molecule has 0 saturated heterocycles. The van der Waals surface area contributed by atoms with E-state index in [0.717, 1.165) is 38.1 Å². The number of pyridine rings is 1. The zero-order valence-corrected chi connectivity index (χ0v) is 22.0. The van der Waals surface area contributed by atoms with Gasteiger partial charge in [0.1, 0.15) is 0 Å². The van der Waals surface area contributed by atoms with Crippen LogP contribution in [0.15, 0.2) is 155 Å². The predicted octanol–water partition coefficient (Wildman–Crippen LogP) is 7.01. The van der Waals surface area contributed by atoms with Crippen LogP contribution in [0.5, 0.6) is 0 Å². The molecule has 0 aliphatic heterocycles. The van der Waals surface area contributed by atoms with Crippen molar-refractivity contribution >= 4 is 39.6 Å². The van der Waals surface area contributed by atoms with E-state index in [2.05, 4.69) is 78.9 Å². The lowest BCUT2D eigenvalue weighted by Crippen LogP contribution is -2.25. The zero-order chi connectivity index (χ0) is 26.0. The first-order valence-corrected chi connectivity index (χ1v) is 14.4. The average Bonchev–Trinajstić information content (AvgIpc) is 3.00. The van der Waals surface area contributed by atoms with Gasteiger partial charge in [-0.15, -0.1) is 0 Å². The molecule has 0 fully saturated rings. The average molecular weight is 511 g/mol. The van der Waals surface area contributed by atoms with Crippen LogP contribution in [0.3, 0.4) is 0 Å². The molecule has 1 heterocycles. The Morgan fingerprint density at radius 1 is 0.553 bits per heavy atom. The van der Waals surface area contributed by atoms with Gasteiger partial charge in [0.2, 0.25) is 0 Å². The molecule has 0 bridgehead atoms. The lowest BCUT2D eigenvalue weighted by molar-refractivity contribution is 0.909. The number of fused-ring (bicyclic) bond motifs is 1. The minimum absolute atomic E-state index is 0.0547. The largest absolute Gasteiger partial charge is 0.311 e. The third kappa shape index (κ3) is 4.02. The number of rotatable bonds is 5. The summed E-state index contributed by atoms with van der Waals surface area (Å²) in [6.45, 7) is 0. The molecule has 184 valence electrons. The van der Waals surface area contributed by atoms with Gasteiger partial charge in [0.25, 0.3) is 5.56 Å². The van der Waals surface area contributed by atoms with Gasteiger partial charge in [-0.3, -0.25) is 9.54 Å². The molecule has 5 aromatic carbocycles. The highest BCUT2D eigenvalue weighted by Crippen LogP contribution is 2.51. The maximum atomic E-state index is 14.0. The van der Waals surface area contributed by atoms with Crippen LogP contribution in [0.2, 0.25) is 0 Å². The number of hydrogen-bond donors (Lipinski definition) is 0. The normalized spacial score (nSPS) is 11.4. The van der Waals surface area contributed by atoms with E-state index in [4.69, 9.17) is 4.74 Å². The molecule has 0 radical (unpaired) electrons. The summed E-state index contributed by atoms with van der Waals surface area (Å²) >= 11 is 0. The first kappa shape index (κ1) is 23.9. The monoisotopic (exact) mass is 510 g/mol. The summed E-state index contributed by atoms with van der Waals surface area (Å²) in [6.07, 6.45) is 0.